The van der Waals surface area contributed by atoms with Crippen LogP contribution in [0.1, 0.15) is 38.1 Å². The highest BCUT2D eigenvalue weighted by atomic mass is 16.5. The summed E-state index contributed by atoms with van der Waals surface area (Å²) < 4.78 is 5.51. The van der Waals surface area contributed by atoms with E-state index in [4.69, 9.17) is 4.74 Å². The Bertz CT molecular complexity index is 322. The van der Waals surface area contributed by atoms with E-state index in [1.165, 1.54) is 13.1 Å². The van der Waals surface area contributed by atoms with E-state index in [-0.39, 0.29) is 11.4 Å². The SMILES string of the molecule is CC(=O)c1ccc(OC(C)(C)C)nc1. The molecule has 0 bridgehead atoms. The summed E-state index contributed by atoms with van der Waals surface area (Å²) in [5.74, 6) is 0.558. The van der Waals surface area contributed by atoms with Gasteiger partial charge in [-0.15, -0.1) is 0 Å². The third kappa shape index (κ3) is 3.17. The van der Waals surface area contributed by atoms with E-state index in [1.54, 1.807) is 12.1 Å². The molecule has 76 valence electrons. The van der Waals surface area contributed by atoms with Gasteiger partial charge in [0.05, 0.1) is 0 Å². The van der Waals surface area contributed by atoms with Gasteiger partial charge in [-0.25, -0.2) is 4.98 Å². The zero-order valence-corrected chi connectivity index (χ0v) is 9.00. The molecular weight excluding hydrogens is 178 g/mol. The van der Waals surface area contributed by atoms with Gasteiger partial charge in [-0.05, 0) is 33.8 Å². The minimum atomic E-state index is -0.259. The number of hydrogen-bond acceptors (Lipinski definition) is 3. The van der Waals surface area contributed by atoms with Gasteiger partial charge in [0.25, 0.3) is 0 Å². The summed E-state index contributed by atoms with van der Waals surface area (Å²) in [5, 5.41) is 0. The highest BCUT2D eigenvalue weighted by molar-refractivity contribution is 5.93. The smallest absolute Gasteiger partial charge is 0.213 e. The lowest BCUT2D eigenvalue weighted by molar-refractivity contribution is 0.101. The van der Waals surface area contributed by atoms with Crippen LogP contribution < -0.4 is 4.74 Å². The van der Waals surface area contributed by atoms with Crippen LogP contribution in [-0.2, 0) is 0 Å². The van der Waals surface area contributed by atoms with Gasteiger partial charge in [0, 0.05) is 17.8 Å². The second-order valence-electron chi connectivity index (χ2n) is 4.16. The van der Waals surface area contributed by atoms with Crippen LogP contribution in [0.25, 0.3) is 0 Å². The lowest BCUT2D eigenvalue weighted by atomic mass is 10.2. The van der Waals surface area contributed by atoms with Crippen molar-refractivity contribution >= 4 is 5.78 Å². The fourth-order valence-electron chi connectivity index (χ4n) is 0.963. The molecule has 0 spiro atoms. The second-order valence-corrected chi connectivity index (χ2v) is 4.16. The van der Waals surface area contributed by atoms with E-state index in [0.29, 0.717) is 11.4 Å². The molecule has 14 heavy (non-hydrogen) atoms. The number of aromatic nitrogens is 1. The first-order valence-electron chi connectivity index (χ1n) is 4.54. The van der Waals surface area contributed by atoms with Crippen LogP contribution in [-0.4, -0.2) is 16.4 Å². The molecule has 0 aliphatic heterocycles. The summed E-state index contributed by atoms with van der Waals surface area (Å²) >= 11 is 0. The normalized spacial score (nSPS) is 11.1. The molecule has 0 saturated heterocycles. The van der Waals surface area contributed by atoms with Crippen molar-refractivity contribution in [2.45, 2.75) is 33.3 Å². The van der Waals surface area contributed by atoms with Crippen molar-refractivity contribution in [2.75, 3.05) is 0 Å². The Labute approximate surface area is 84.1 Å². The molecule has 1 heterocycles. The van der Waals surface area contributed by atoms with Gasteiger partial charge in [-0.3, -0.25) is 4.79 Å². The molecule has 0 radical (unpaired) electrons. The summed E-state index contributed by atoms with van der Waals surface area (Å²) in [5.41, 5.74) is 0.344. The largest absolute Gasteiger partial charge is 0.472 e. The predicted molar refractivity (Wildman–Crippen MR) is 54.6 cm³/mol. The van der Waals surface area contributed by atoms with Crippen molar-refractivity contribution in [3.05, 3.63) is 23.9 Å². The Balaban J connectivity index is 2.79. The van der Waals surface area contributed by atoms with Crippen LogP contribution in [0.15, 0.2) is 18.3 Å². The average Bonchev–Trinajstić information content (AvgIpc) is 2.02. The van der Waals surface area contributed by atoms with E-state index in [1.807, 2.05) is 20.8 Å². The van der Waals surface area contributed by atoms with Crippen LogP contribution in [0.3, 0.4) is 0 Å². The molecule has 3 heteroatoms. The highest BCUT2D eigenvalue weighted by Gasteiger charge is 2.12. The van der Waals surface area contributed by atoms with Crippen molar-refractivity contribution in [3.8, 4) is 5.88 Å². The number of pyridine rings is 1. The van der Waals surface area contributed by atoms with Crippen molar-refractivity contribution < 1.29 is 9.53 Å². The Kier molecular flexibility index (Phi) is 2.89. The number of ketones is 1. The topological polar surface area (TPSA) is 39.2 Å². The Hall–Kier alpha value is -1.38. The van der Waals surface area contributed by atoms with Gasteiger partial charge in [0.15, 0.2) is 5.78 Å². The molecule has 1 rings (SSSR count). The van der Waals surface area contributed by atoms with Crippen LogP contribution in [0, 0.1) is 0 Å². The summed E-state index contributed by atoms with van der Waals surface area (Å²) in [6.45, 7) is 7.37. The molecule has 3 nitrogen and oxygen atoms in total. The molecule has 1 aromatic rings. The highest BCUT2D eigenvalue weighted by Crippen LogP contribution is 2.15. The fourth-order valence-corrected chi connectivity index (χ4v) is 0.963. The molecule has 0 saturated carbocycles. The molecule has 1 aromatic heterocycles. The first kappa shape index (κ1) is 10.7. The molecular formula is C11H15NO2. The van der Waals surface area contributed by atoms with Gasteiger partial charge < -0.3 is 4.74 Å². The number of hydrogen-bond donors (Lipinski definition) is 0. The second kappa shape index (κ2) is 3.78. The number of rotatable bonds is 2. The minimum Gasteiger partial charge on any atom is -0.472 e. The predicted octanol–water partition coefficient (Wildman–Crippen LogP) is 2.46. The third-order valence-corrected chi connectivity index (χ3v) is 1.55. The number of nitrogens with zero attached hydrogens (tertiary/aromatic N) is 1. The van der Waals surface area contributed by atoms with E-state index < -0.39 is 0 Å². The van der Waals surface area contributed by atoms with E-state index in [9.17, 15) is 4.79 Å². The van der Waals surface area contributed by atoms with Crippen LogP contribution >= 0.6 is 0 Å². The quantitative estimate of drug-likeness (QED) is 0.677. The van der Waals surface area contributed by atoms with Crippen LogP contribution in [0.5, 0.6) is 5.88 Å². The maximum absolute atomic E-state index is 11.0. The van der Waals surface area contributed by atoms with Crippen molar-refractivity contribution in [1.82, 2.24) is 4.98 Å². The number of carbonyl (C=O) groups excluding carboxylic acids is 1. The Morgan fingerprint density at radius 3 is 2.36 bits per heavy atom. The third-order valence-electron chi connectivity index (χ3n) is 1.55. The Morgan fingerprint density at radius 1 is 1.36 bits per heavy atom. The Morgan fingerprint density at radius 2 is 2.00 bits per heavy atom. The summed E-state index contributed by atoms with van der Waals surface area (Å²) in [6.07, 6.45) is 1.53. The lowest BCUT2D eigenvalue weighted by Gasteiger charge is -2.20. The van der Waals surface area contributed by atoms with Gasteiger partial charge in [-0.2, -0.15) is 0 Å². The van der Waals surface area contributed by atoms with Gasteiger partial charge in [-0.1, -0.05) is 0 Å². The van der Waals surface area contributed by atoms with Crippen molar-refractivity contribution in [1.29, 1.82) is 0 Å². The average molecular weight is 193 g/mol. The molecule has 0 fully saturated rings. The van der Waals surface area contributed by atoms with Gasteiger partial charge in [0.2, 0.25) is 5.88 Å². The first-order valence-corrected chi connectivity index (χ1v) is 4.54. The van der Waals surface area contributed by atoms with E-state index in [2.05, 4.69) is 4.98 Å². The first-order chi connectivity index (χ1) is 6.38. The molecule has 0 aliphatic rings. The maximum atomic E-state index is 11.0. The standard InChI is InChI=1S/C11H15NO2/c1-8(13)9-5-6-10(12-7-9)14-11(2,3)4/h5-7H,1-4H3. The maximum Gasteiger partial charge on any atom is 0.213 e. The monoisotopic (exact) mass is 193 g/mol. The van der Waals surface area contributed by atoms with Crippen molar-refractivity contribution in [3.63, 3.8) is 0 Å². The number of Topliss-reactive ketones (excluding diaryl/α,β-unsaturated/α-hetero) is 1. The molecule has 0 aliphatic carbocycles. The minimum absolute atomic E-state index is 0.0137. The molecule has 0 unspecified atom stereocenters. The molecule has 0 aromatic carbocycles. The number of carbonyl (C=O) groups is 1. The van der Waals surface area contributed by atoms with Crippen LogP contribution in [0.2, 0.25) is 0 Å². The lowest BCUT2D eigenvalue weighted by Crippen LogP contribution is -2.23. The number of ether oxygens (including phenoxy) is 1. The summed E-state index contributed by atoms with van der Waals surface area (Å²) in [6, 6.07) is 3.43. The van der Waals surface area contributed by atoms with Gasteiger partial charge in [0.1, 0.15) is 5.60 Å². The fraction of sp³-hybridized carbons (Fsp3) is 0.455. The van der Waals surface area contributed by atoms with Crippen LogP contribution in [0.4, 0.5) is 0 Å². The van der Waals surface area contributed by atoms with E-state index >= 15 is 0 Å². The zero-order chi connectivity index (χ0) is 10.8. The zero-order valence-electron chi connectivity index (χ0n) is 9.00. The summed E-state index contributed by atoms with van der Waals surface area (Å²) in [4.78, 5) is 15.0. The molecule has 0 N–H and O–H groups in total. The van der Waals surface area contributed by atoms with E-state index in [0.717, 1.165) is 0 Å². The van der Waals surface area contributed by atoms with Crippen molar-refractivity contribution in [2.24, 2.45) is 0 Å². The molecule has 0 amide bonds. The van der Waals surface area contributed by atoms with Gasteiger partial charge >= 0.3 is 0 Å². The molecule has 0 atom stereocenters. The summed E-state index contributed by atoms with van der Waals surface area (Å²) in [7, 11) is 0.